The minimum Gasteiger partial charge on any atom is -0.420 e. The van der Waals surface area contributed by atoms with Gasteiger partial charge in [-0.3, -0.25) is 4.79 Å². The van der Waals surface area contributed by atoms with Crippen LogP contribution in [-0.4, -0.2) is 16.7 Å². The standard InChI is InChI=1S/C14H7NO3/c16-13-9-5-11-8(6-12(9)18-14(13)17)7-3-1-2-4-10(7)15-11/h1-6,15H. The van der Waals surface area contributed by atoms with Crippen LogP contribution in [0.1, 0.15) is 10.4 Å². The topological polar surface area (TPSA) is 59.2 Å². The zero-order chi connectivity index (χ0) is 12.3. The Morgan fingerprint density at radius 2 is 1.78 bits per heavy atom. The highest BCUT2D eigenvalue weighted by Crippen LogP contribution is 2.34. The molecule has 2 heterocycles. The van der Waals surface area contributed by atoms with Gasteiger partial charge in [-0.05, 0) is 18.2 Å². The summed E-state index contributed by atoms with van der Waals surface area (Å²) in [6, 6.07) is 11.3. The molecule has 3 aromatic rings. The molecule has 4 heteroatoms. The molecular weight excluding hydrogens is 230 g/mol. The summed E-state index contributed by atoms with van der Waals surface area (Å²) in [6.45, 7) is 0. The number of benzene rings is 2. The number of aromatic nitrogens is 1. The van der Waals surface area contributed by atoms with Crippen LogP contribution >= 0.6 is 0 Å². The van der Waals surface area contributed by atoms with E-state index < -0.39 is 11.8 Å². The van der Waals surface area contributed by atoms with E-state index in [2.05, 4.69) is 4.98 Å². The summed E-state index contributed by atoms with van der Waals surface area (Å²) in [5.74, 6) is -1.03. The largest absolute Gasteiger partial charge is 0.420 e. The Morgan fingerprint density at radius 3 is 2.67 bits per heavy atom. The van der Waals surface area contributed by atoms with Crippen LogP contribution in [0.4, 0.5) is 0 Å². The lowest BCUT2D eigenvalue weighted by Gasteiger charge is -1.96. The average Bonchev–Trinajstić information content (AvgIpc) is 2.87. The van der Waals surface area contributed by atoms with Crippen molar-refractivity contribution in [1.29, 1.82) is 0 Å². The van der Waals surface area contributed by atoms with Gasteiger partial charge >= 0.3 is 5.97 Å². The Kier molecular flexibility index (Phi) is 1.56. The van der Waals surface area contributed by atoms with E-state index in [4.69, 9.17) is 4.74 Å². The summed E-state index contributed by atoms with van der Waals surface area (Å²) < 4.78 is 4.94. The molecule has 86 valence electrons. The van der Waals surface area contributed by atoms with Crippen LogP contribution in [0.5, 0.6) is 5.75 Å². The molecule has 0 saturated carbocycles. The van der Waals surface area contributed by atoms with Crippen LogP contribution in [0.15, 0.2) is 36.4 Å². The fraction of sp³-hybridized carbons (Fsp3) is 0. The molecular formula is C14H7NO3. The molecule has 1 aromatic heterocycles. The van der Waals surface area contributed by atoms with Gasteiger partial charge in [0, 0.05) is 21.8 Å². The fourth-order valence-corrected chi connectivity index (χ4v) is 2.40. The number of H-pyrrole nitrogens is 1. The van der Waals surface area contributed by atoms with Crippen molar-refractivity contribution >= 4 is 33.6 Å². The number of Topliss-reactive ketones (excluding diaryl/α,β-unsaturated/α-hetero) is 1. The van der Waals surface area contributed by atoms with Crippen molar-refractivity contribution < 1.29 is 14.3 Å². The third-order valence-corrected chi connectivity index (χ3v) is 3.24. The van der Waals surface area contributed by atoms with Crippen LogP contribution in [0.3, 0.4) is 0 Å². The lowest BCUT2D eigenvalue weighted by Crippen LogP contribution is -2.10. The first-order valence-electron chi connectivity index (χ1n) is 5.55. The molecule has 0 atom stereocenters. The highest BCUT2D eigenvalue weighted by atomic mass is 16.5. The van der Waals surface area contributed by atoms with Crippen molar-refractivity contribution in [3.05, 3.63) is 42.0 Å². The van der Waals surface area contributed by atoms with Gasteiger partial charge in [0.25, 0.3) is 5.78 Å². The third kappa shape index (κ3) is 1.04. The number of carbonyl (C=O) groups excluding carboxylic acids is 2. The van der Waals surface area contributed by atoms with Crippen molar-refractivity contribution in [3.63, 3.8) is 0 Å². The predicted molar refractivity (Wildman–Crippen MR) is 65.8 cm³/mol. The Hall–Kier alpha value is -2.62. The summed E-state index contributed by atoms with van der Waals surface area (Å²) >= 11 is 0. The normalized spacial score (nSPS) is 14.2. The predicted octanol–water partition coefficient (Wildman–Crippen LogP) is 2.42. The smallest absolute Gasteiger partial charge is 0.385 e. The molecule has 2 aromatic carbocycles. The lowest BCUT2D eigenvalue weighted by molar-refractivity contribution is -0.128. The van der Waals surface area contributed by atoms with Crippen LogP contribution in [0.2, 0.25) is 0 Å². The molecule has 4 rings (SSSR count). The zero-order valence-corrected chi connectivity index (χ0v) is 9.19. The number of ether oxygens (including phenoxy) is 1. The molecule has 0 spiro atoms. The van der Waals surface area contributed by atoms with E-state index in [0.717, 1.165) is 21.8 Å². The van der Waals surface area contributed by atoms with E-state index in [1.807, 2.05) is 24.3 Å². The van der Waals surface area contributed by atoms with E-state index >= 15 is 0 Å². The van der Waals surface area contributed by atoms with Crippen molar-refractivity contribution in [2.24, 2.45) is 0 Å². The second-order valence-electron chi connectivity index (χ2n) is 4.28. The number of nitrogens with one attached hydrogen (secondary N) is 1. The van der Waals surface area contributed by atoms with Crippen molar-refractivity contribution in [2.75, 3.05) is 0 Å². The molecule has 0 radical (unpaired) electrons. The molecule has 4 nitrogen and oxygen atoms in total. The first-order chi connectivity index (χ1) is 8.74. The second kappa shape index (κ2) is 2.98. The summed E-state index contributed by atoms with van der Waals surface area (Å²) in [4.78, 5) is 26.0. The van der Waals surface area contributed by atoms with Crippen LogP contribution in [0.25, 0.3) is 21.8 Å². The number of para-hydroxylation sites is 1. The number of carbonyl (C=O) groups is 2. The Balaban J connectivity index is 2.15. The number of aromatic amines is 1. The maximum Gasteiger partial charge on any atom is 0.385 e. The quantitative estimate of drug-likeness (QED) is 0.371. The third-order valence-electron chi connectivity index (χ3n) is 3.24. The Labute approximate surface area is 101 Å². The number of fused-ring (bicyclic) bond motifs is 4. The fourth-order valence-electron chi connectivity index (χ4n) is 2.40. The van der Waals surface area contributed by atoms with Gasteiger partial charge in [0.1, 0.15) is 5.75 Å². The minimum absolute atomic E-state index is 0.332. The van der Waals surface area contributed by atoms with E-state index in [0.29, 0.717) is 11.3 Å². The number of esters is 1. The van der Waals surface area contributed by atoms with Gasteiger partial charge in [-0.15, -0.1) is 0 Å². The van der Waals surface area contributed by atoms with Crippen molar-refractivity contribution in [2.45, 2.75) is 0 Å². The molecule has 1 aliphatic rings. The molecule has 0 unspecified atom stereocenters. The molecule has 0 saturated heterocycles. The maximum absolute atomic E-state index is 11.6. The summed E-state index contributed by atoms with van der Waals surface area (Å²) in [7, 11) is 0. The van der Waals surface area contributed by atoms with Gasteiger partial charge in [0.15, 0.2) is 0 Å². The number of rotatable bonds is 0. The number of ketones is 1. The minimum atomic E-state index is -0.804. The molecule has 1 aliphatic heterocycles. The summed E-state index contributed by atoms with van der Waals surface area (Å²) in [5, 5.41) is 2.00. The van der Waals surface area contributed by atoms with E-state index in [1.54, 1.807) is 12.1 Å². The molecule has 0 bridgehead atoms. The first-order valence-corrected chi connectivity index (χ1v) is 5.55. The van der Waals surface area contributed by atoms with Crippen LogP contribution < -0.4 is 4.74 Å². The van der Waals surface area contributed by atoms with Crippen LogP contribution in [-0.2, 0) is 4.79 Å². The average molecular weight is 237 g/mol. The lowest BCUT2D eigenvalue weighted by atomic mass is 10.1. The first kappa shape index (κ1) is 9.41. The van der Waals surface area contributed by atoms with Gasteiger partial charge in [-0.25, -0.2) is 4.79 Å². The van der Waals surface area contributed by atoms with Gasteiger partial charge < -0.3 is 9.72 Å². The Bertz CT molecular complexity index is 845. The van der Waals surface area contributed by atoms with Crippen molar-refractivity contribution in [3.8, 4) is 5.75 Å². The molecule has 0 amide bonds. The monoisotopic (exact) mass is 237 g/mol. The molecule has 18 heavy (non-hydrogen) atoms. The highest BCUT2D eigenvalue weighted by Gasteiger charge is 2.31. The van der Waals surface area contributed by atoms with Gasteiger partial charge in [0.05, 0.1) is 5.56 Å². The zero-order valence-electron chi connectivity index (χ0n) is 9.19. The van der Waals surface area contributed by atoms with E-state index in [9.17, 15) is 9.59 Å². The van der Waals surface area contributed by atoms with E-state index in [1.165, 1.54) is 0 Å². The number of hydrogen-bond donors (Lipinski definition) is 1. The summed E-state index contributed by atoms with van der Waals surface area (Å²) in [5.41, 5.74) is 2.16. The van der Waals surface area contributed by atoms with Gasteiger partial charge in [-0.1, -0.05) is 18.2 Å². The summed E-state index contributed by atoms with van der Waals surface area (Å²) in [6.07, 6.45) is 0. The van der Waals surface area contributed by atoms with Crippen LogP contribution in [0, 0.1) is 0 Å². The maximum atomic E-state index is 11.6. The van der Waals surface area contributed by atoms with Gasteiger partial charge in [-0.2, -0.15) is 0 Å². The Morgan fingerprint density at radius 1 is 0.944 bits per heavy atom. The van der Waals surface area contributed by atoms with E-state index in [-0.39, 0.29) is 0 Å². The number of hydrogen-bond acceptors (Lipinski definition) is 3. The van der Waals surface area contributed by atoms with Gasteiger partial charge in [0.2, 0.25) is 0 Å². The van der Waals surface area contributed by atoms with Crippen molar-refractivity contribution in [1.82, 2.24) is 4.98 Å². The molecule has 1 N–H and O–H groups in total. The SMILES string of the molecule is O=C1Oc2cc3c(cc2C1=O)[nH]c1ccccc13. The second-order valence-corrected chi connectivity index (χ2v) is 4.28. The molecule has 0 aliphatic carbocycles. The molecule has 0 fully saturated rings. The highest BCUT2D eigenvalue weighted by molar-refractivity contribution is 6.44.